The summed E-state index contributed by atoms with van der Waals surface area (Å²) >= 11 is 0. The fraction of sp³-hybridized carbons (Fsp3) is 0.615. The Morgan fingerprint density at radius 1 is 1.47 bits per heavy atom. The third-order valence-electron chi connectivity index (χ3n) is 3.94. The van der Waals surface area contributed by atoms with Crippen molar-refractivity contribution in [3.05, 3.63) is 18.0 Å². The maximum absolute atomic E-state index is 12.5. The van der Waals surface area contributed by atoms with E-state index in [-0.39, 0.29) is 5.91 Å². The number of fused-ring (bicyclic) bond motifs is 1. The average molecular weight is 261 g/mol. The van der Waals surface area contributed by atoms with Crippen LogP contribution in [0.3, 0.4) is 0 Å². The molecule has 2 fully saturated rings. The van der Waals surface area contributed by atoms with Gasteiger partial charge in [-0.05, 0) is 19.3 Å². The van der Waals surface area contributed by atoms with E-state index in [9.17, 15) is 4.79 Å². The Kier molecular flexibility index (Phi) is 3.33. The van der Waals surface area contributed by atoms with Crippen LogP contribution in [0.1, 0.15) is 23.7 Å². The highest BCUT2D eigenvalue weighted by Gasteiger charge is 2.40. The monoisotopic (exact) mass is 261 g/mol. The molecule has 2 atom stereocenters. The second-order valence-corrected chi connectivity index (χ2v) is 5.10. The van der Waals surface area contributed by atoms with Gasteiger partial charge in [-0.25, -0.2) is 9.97 Å². The lowest BCUT2D eigenvalue weighted by atomic mass is 10.1. The summed E-state index contributed by atoms with van der Waals surface area (Å²) in [5, 5.41) is 6.37. The predicted molar refractivity (Wildman–Crippen MR) is 72.0 cm³/mol. The summed E-state index contributed by atoms with van der Waals surface area (Å²) in [6.07, 6.45) is 4.33. The molecule has 1 aromatic heterocycles. The zero-order valence-electron chi connectivity index (χ0n) is 11.1. The molecule has 6 heteroatoms. The minimum Gasteiger partial charge on any atom is -0.355 e. The number of likely N-dealkylation sites (tertiary alicyclic amines) is 1. The Labute approximate surface area is 112 Å². The highest BCUT2D eigenvalue weighted by molar-refractivity contribution is 5.94. The molecule has 2 saturated heterocycles. The highest BCUT2D eigenvalue weighted by Crippen LogP contribution is 2.28. The minimum absolute atomic E-state index is 0.0549. The SMILES string of the molecule is CCNc1ncc(C(=O)N2CC[C@H]3CNC[C@H]32)cn1. The lowest BCUT2D eigenvalue weighted by molar-refractivity contribution is 0.0736. The number of carbonyl (C=O) groups is 1. The quantitative estimate of drug-likeness (QED) is 0.821. The highest BCUT2D eigenvalue weighted by atomic mass is 16.2. The van der Waals surface area contributed by atoms with Crippen LogP contribution in [0.15, 0.2) is 12.4 Å². The molecular weight excluding hydrogens is 242 g/mol. The van der Waals surface area contributed by atoms with Crippen LogP contribution in [0.4, 0.5) is 5.95 Å². The van der Waals surface area contributed by atoms with Gasteiger partial charge >= 0.3 is 0 Å². The van der Waals surface area contributed by atoms with Crippen LogP contribution in [0.5, 0.6) is 0 Å². The second kappa shape index (κ2) is 5.13. The summed E-state index contributed by atoms with van der Waals surface area (Å²) in [6.45, 7) is 5.55. The summed E-state index contributed by atoms with van der Waals surface area (Å²) in [4.78, 5) is 22.7. The van der Waals surface area contributed by atoms with Gasteiger partial charge < -0.3 is 15.5 Å². The molecule has 19 heavy (non-hydrogen) atoms. The van der Waals surface area contributed by atoms with Crippen molar-refractivity contribution in [2.75, 3.05) is 31.5 Å². The number of rotatable bonds is 3. The van der Waals surface area contributed by atoms with Crippen LogP contribution in [-0.2, 0) is 0 Å². The standard InChI is InChI=1S/C13H19N5O/c1-2-15-13-16-6-10(7-17-13)12(19)18-4-3-9-5-14-8-11(9)18/h6-7,9,11,14H,2-5,8H2,1H3,(H,15,16,17)/t9-,11+/m0/s1. The Morgan fingerprint density at radius 3 is 3.00 bits per heavy atom. The van der Waals surface area contributed by atoms with Gasteiger partial charge in [-0.2, -0.15) is 0 Å². The Hall–Kier alpha value is -1.69. The van der Waals surface area contributed by atoms with Crippen LogP contribution < -0.4 is 10.6 Å². The number of anilines is 1. The first-order chi connectivity index (χ1) is 9.29. The minimum atomic E-state index is 0.0549. The molecule has 2 aliphatic heterocycles. The third-order valence-corrected chi connectivity index (χ3v) is 3.94. The number of carbonyl (C=O) groups excluding carboxylic acids is 1. The zero-order chi connectivity index (χ0) is 13.2. The molecule has 2 aliphatic rings. The topological polar surface area (TPSA) is 70.2 Å². The van der Waals surface area contributed by atoms with E-state index in [0.717, 1.165) is 32.6 Å². The van der Waals surface area contributed by atoms with Crippen molar-refractivity contribution in [3.63, 3.8) is 0 Å². The molecule has 102 valence electrons. The maximum atomic E-state index is 12.5. The zero-order valence-corrected chi connectivity index (χ0v) is 11.1. The van der Waals surface area contributed by atoms with E-state index in [4.69, 9.17) is 0 Å². The summed E-state index contributed by atoms with van der Waals surface area (Å²) < 4.78 is 0. The van der Waals surface area contributed by atoms with Crippen LogP contribution in [-0.4, -0.2) is 53.0 Å². The van der Waals surface area contributed by atoms with Crippen molar-refractivity contribution < 1.29 is 4.79 Å². The second-order valence-electron chi connectivity index (χ2n) is 5.10. The lowest BCUT2D eigenvalue weighted by Crippen LogP contribution is -2.39. The molecule has 1 amide bonds. The predicted octanol–water partition coefficient (Wildman–Crippen LogP) is 0.342. The Balaban J connectivity index is 1.73. The molecule has 0 aromatic carbocycles. The Morgan fingerprint density at radius 2 is 2.26 bits per heavy atom. The fourth-order valence-electron chi connectivity index (χ4n) is 2.96. The van der Waals surface area contributed by atoms with E-state index in [1.165, 1.54) is 0 Å². The van der Waals surface area contributed by atoms with Crippen LogP contribution in [0.25, 0.3) is 0 Å². The van der Waals surface area contributed by atoms with Crippen molar-refractivity contribution in [1.82, 2.24) is 20.2 Å². The smallest absolute Gasteiger partial charge is 0.257 e. The van der Waals surface area contributed by atoms with Crippen molar-refractivity contribution in [2.24, 2.45) is 5.92 Å². The number of hydrogen-bond acceptors (Lipinski definition) is 5. The number of nitrogens with zero attached hydrogens (tertiary/aromatic N) is 3. The van der Waals surface area contributed by atoms with Gasteiger partial charge in [0.15, 0.2) is 0 Å². The molecule has 0 unspecified atom stereocenters. The lowest BCUT2D eigenvalue weighted by Gasteiger charge is -2.23. The van der Waals surface area contributed by atoms with E-state index in [1.807, 2.05) is 11.8 Å². The molecule has 0 spiro atoms. The van der Waals surface area contributed by atoms with Gasteiger partial charge in [0.2, 0.25) is 5.95 Å². The molecule has 3 heterocycles. The van der Waals surface area contributed by atoms with E-state index in [1.54, 1.807) is 12.4 Å². The normalized spacial score (nSPS) is 25.4. The van der Waals surface area contributed by atoms with Crippen LogP contribution in [0, 0.1) is 5.92 Å². The van der Waals surface area contributed by atoms with E-state index in [2.05, 4.69) is 20.6 Å². The van der Waals surface area contributed by atoms with Crippen LogP contribution in [0.2, 0.25) is 0 Å². The molecule has 0 radical (unpaired) electrons. The van der Waals surface area contributed by atoms with Gasteiger partial charge in [0, 0.05) is 44.6 Å². The molecule has 1 aromatic rings. The van der Waals surface area contributed by atoms with Gasteiger partial charge in [0.25, 0.3) is 5.91 Å². The third kappa shape index (κ3) is 2.28. The van der Waals surface area contributed by atoms with Crippen molar-refractivity contribution >= 4 is 11.9 Å². The Bertz CT molecular complexity index is 461. The molecular formula is C13H19N5O. The average Bonchev–Trinajstić information content (AvgIpc) is 3.01. The molecule has 3 rings (SSSR count). The summed E-state index contributed by atoms with van der Waals surface area (Å²) in [5.41, 5.74) is 0.578. The first-order valence-electron chi connectivity index (χ1n) is 6.87. The van der Waals surface area contributed by atoms with E-state index in [0.29, 0.717) is 23.5 Å². The van der Waals surface area contributed by atoms with Crippen molar-refractivity contribution in [3.8, 4) is 0 Å². The molecule has 0 aliphatic carbocycles. The van der Waals surface area contributed by atoms with Crippen molar-refractivity contribution in [1.29, 1.82) is 0 Å². The van der Waals surface area contributed by atoms with Gasteiger partial charge in [-0.15, -0.1) is 0 Å². The van der Waals surface area contributed by atoms with Gasteiger partial charge in [-0.1, -0.05) is 0 Å². The first kappa shape index (κ1) is 12.3. The first-order valence-corrected chi connectivity index (χ1v) is 6.87. The fourth-order valence-corrected chi connectivity index (χ4v) is 2.96. The van der Waals surface area contributed by atoms with E-state index < -0.39 is 0 Å². The summed E-state index contributed by atoms with van der Waals surface area (Å²) in [7, 11) is 0. The molecule has 6 nitrogen and oxygen atoms in total. The van der Waals surface area contributed by atoms with Crippen molar-refractivity contribution in [2.45, 2.75) is 19.4 Å². The number of aromatic nitrogens is 2. The van der Waals surface area contributed by atoms with Gasteiger partial charge in [0.05, 0.1) is 5.56 Å². The summed E-state index contributed by atoms with van der Waals surface area (Å²) in [6, 6.07) is 0.348. The van der Waals surface area contributed by atoms with Gasteiger partial charge in [0.1, 0.15) is 0 Å². The number of amides is 1. The summed E-state index contributed by atoms with van der Waals surface area (Å²) in [5.74, 6) is 1.24. The molecule has 2 N–H and O–H groups in total. The molecule has 0 bridgehead atoms. The maximum Gasteiger partial charge on any atom is 0.257 e. The molecule has 0 saturated carbocycles. The van der Waals surface area contributed by atoms with Crippen LogP contribution >= 0.6 is 0 Å². The number of hydrogen-bond donors (Lipinski definition) is 2. The van der Waals surface area contributed by atoms with E-state index >= 15 is 0 Å². The van der Waals surface area contributed by atoms with Gasteiger partial charge in [-0.3, -0.25) is 4.79 Å². The number of nitrogens with one attached hydrogen (secondary N) is 2. The largest absolute Gasteiger partial charge is 0.355 e.